The van der Waals surface area contributed by atoms with Gasteiger partial charge < -0.3 is 11.1 Å². The lowest BCUT2D eigenvalue weighted by molar-refractivity contribution is 1.31. The number of nitrogens with one attached hydrogen (secondary N) is 1. The van der Waals surface area contributed by atoms with Gasteiger partial charge >= 0.3 is 0 Å². The lowest BCUT2D eigenvalue weighted by atomic mass is 10.2. The predicted octanol–water partition coefficient (Wildman–Crippen LogP) is 3.61. The Balaban J connectivity index is 2.06. The summed E-state index contributed by atoms with van der Waals surface area (Å²) in [6.07, 6.45) is 3.34. The van der Waals surface area contributed by atoms with Crippen LogP contribution in [0.2, 0.25) is 5.02 Å². The van der Waals surface area contributed by atoms with Gasteiger partial charge in [0.05, 0.1) is 28.1 Å². The number of aromatic nitrogens is 2. The largest absolute Gasteiger partial charge is 0.397 e. The number of halogens is 1. The van der Waals surface area contributed by atoms with Gasteiger partial charge in [-0.1, -0.05) is 11.6 Å². The van der Waals surface area contributed by atoms with Crippen molar-refractivity contribution in [3.63, 3.8) is 0 Å². The van der Waals surface area contributed by atoms with E-state index in [9.17, 15) is 0 Å². The van der Waals surface area contributed by atoms with Crippen molar-refractivity contribution in [3.05, 3.63) is 53.8 Å². The van der Waals surface area contributed by atoms with Crippen LogP contribution in [0, 0.1) is 0 Å². The van der Waals surface area contributed by atoms with E-state index in [1.807, 2.05) is 30.3 Å². The number of nitrogens with two attached hydrogens (primary N) is 1. The molecule has 94 valence electrons. The quantitative estimate of drug-likeness (QED) is 0.747. The van der Waals surface area contributed by atoms with Crippen molar-refractivity contribution < 1.29 is 0 Å². The van der Waals surface area contributed by atoms with Crippen LogP contribution in [0.1, 0.15) is 0 Å². The van der Waals surface area contributed by atoms with Crippen molar-refractivity contribution in [2.45, 2.75) is 0 Å². The van der Waals surface area contributed by atoms with Gasteiger partial charge in [0.2, 0.25) is 0 Å². The van der Waals surface area contributed by atoms with Gasteiger partial charge in [0.1, 0.15) is 5.82 Å². The van der Waals surface area contributed by atoms with E-state index >= 15 is 0 Å². The molecule has 0 saturated heterocycles. The molecule has 0 aliphatic carbocycles. The van der Waals surface area contributed by atoms with Crippen molar-refractivity contribution in [3.8, 4) is 0 Å². The third kappa shape index (κ3) is 2.30. The lowest BCUT2D eigenvalue weighted by Gasteiger charge is -2.09. The minimum Gasteiger partial charge on any atom is -0.397 e. The number of benzene rings is 1. The van der Waals surface area contributed by atoms with Crippen molar-refractivity contribution in [2.24, 2.45) is 0 Å². The predicted molar refractivity (Wildman–Crippen MR) is 78.7 cm³/mol. The maximum atomic E-state index is 6.15. The Morgan fingerprint density at radius 2 is 1.95 bits per heavy atom. The molecule has 0 unspecified atom stereocenters. The monoisotopic (exact) mass is 270 g/mol. The summed E-state index contributed by atoms with van der Waals surface area (Å²) in [6, 6.07) is 11.1. The second kappa shape index (κ2) is 4.74. The smallest absolute Gasteiger partial charge is 0.130 e. The number of rotatable bonds is 2. The van der Waals surface area contributed by atoms with Gasteiger partial charge in [-0.05, 0) is 36.4 Å². The minimum atomic E-state index is 0.629. The van der Waals surface area contributed by atoms with Crippen LogP contribution in [0.5, 0.6) is 0 Å². The summed E-state index contributed by atoms with van der Waals surface area (Å²) in [6.45, 7) is 0. The van der Waals surface area contributed by atoms with Gasteiger partial charge in [-0.3, -0.25) is 4.98 Å². The molecular formula is C14H11ClN4. The zero-order chi connectivity index (χ0) is 13.2. The molecule has 0 fully saturated rings. The molecule has 0 aliphatic rings. The van der Waals surface area contributed by atoms with Gasteiger partial charge in [-0.2, -0.15) is 0 Å². The topological polar surface area (TPSA) is 63.8 Å². The molecule has 5 heteroatoms. The van der Waals surface area contributed by atoms with Gasteiger partial charge in [-0.25, -0.2) is 4.98 Å². The van der Waals surface area contributed by atoms with Crippen molar-refractivity contribution in [1.29, 1.82) is 0 Å². The summed E-state index contributed by atoms with van der Waals surface area (Å²) in [7, 11) is 0. The first-order valence-corrected chi connectivity index (χ1v) is 6.13. The Bertz CT molecular complexity index is 725. The zero-order valence-electron chi connectivity index (χ0n) is 9.97. The van der Waals surface area contributed by atoms with E-state index in [0.717, 1.165) is 16.6 Å². The van der Waals surface area contributed by atoms with Gasteiger partial charge in [0.15, 0.2) is 0 Å². The van der Waals surface area contributed by atoms with E-state index in [-0.39, 0.29) is 0 Å². The highest BCUT2D eigenvalue weighted by molar-refractivity contribution is 6.35. The maximum Gasteiger partial charge on any atom is 0.130 e. The Hall–Kier alpha value is -2.33. The van der Waals surface area contributed by atoms with E-state index in [1.54, 1.807) is 18.5 Å². The average molecular weight is 271 g/mol. The van der Waals surface area contributed by atoms with Crippen molar-refractivity contribution in [2.75, 3.05) is 11.1 Å². The lowest BCUT2D eigenvalue weighted by Crippen LogP contribution is -1.96. The normalized spacial score (nSPS) is 10.6. The molecule has 2 heterocycles. The molecule has 3 N–H and O–H groups in total. The highest BCUT2D eigenvalue weighted by Gasteiger charge is 2.06. The molecule has 0 radical (unpaired) electrons. The fraction of sp³-hybridized carbons (Fsp3) is 0. The molecule has 0 aliphatic heterocycles. The summed E-state index contributed by atoms with van der Waals surface area (Å²) in [4.78, 5) is 8.56. The zero-order valence-corrected chi connectivity index (χ0v) is 10.7. The highest BCUT2D eigenvalue weighted by Crippen LogP contribution is 2.29. The first-order chi connectivity index (χ1) is 9.24. The number of pyridine rings is 2. The van der Waals surface area contributed by atoms with Crippen LogP contribution in [0.15, 0.2) is 48.8 Å². The van der Waals surface area contributed by atoms with Crippen LogP contribution in [0.3, 0.4) is 0 Å². The molecule has 3 aromatic rings. The van der Waals surface area contributed by atoms with Gasteiger partial charge in [0.25, 0.3) is 0 Å². The van der Waals surface area contributed by atoms with Crippen LogP contribution in [0.4, 0.5) is 17.2 Å². The summed E-state index contributed by atoms with van der Waals surface area (Å²) < 4.78 is 0. The molecule has 2 aromatic heterocycles. The number of nitrogen functional groups attached to an aromatic ring is 1. The molecular weight excluding hydrogens is 260 g/mol. The third-order valence-corrected chi connectivity index (χ3v) is 3.10. The molecule has 1 aromatic carbocycles. The second-order valence-corrected chi connectivity index (χ2v) is 4.50. The SMILES string of the molecule is Nc1ccc(Nc2ccc(Cl)c3cccnc23)nc1. The van der Waals surface area contributed by atoms with Gasteiger partial charge in [-0.15, -0.1) is 0 Å². The Morgan fingerprint density at radius 3 is 2.74 bits per heavy atom. The van der Waals surface area contributed by atoms with E-state index in [4.69, 9.17) is 17.3 Å². The molecule has 0 bridgehead atoms. The molecule has 0 atom stereocenters. The van der Waals surface area contributed by atoms with Crippen molar-refractivity contribution in [1.82, 2.24) is 9.97 Å². The highest BCUT2D eigenvalue weighted by atomic mass is 35.5. The van der Waals surface area contributed by atoms with Crippen LogP contribution in [-0.2, 0) is 0 Å². The Labute approximate surface area is 115 Å². The molecule has 0 spiro atoms. The molecule has 0 saturated carbocycles. The van der Waals surface area contributed by atoms with E-state index < -0.39 is 0 Å². The molecule has 3 rings (SSSR count). The summed E-state index contributed by atoms with van der Waals surface area (Å²) >= 11 is 6.15. The van der Waals surface area contributed by atoms with Crippen LogP contribution in [0.25, 0.3) is 10.9 Å². The molecule has 19 heavy (non-hydrogen) atoms. The van der Waals surface area contributed by atoms with E-state index in [2.05, 4.69) is 15.3 Å². The number of hydrogen-bond donors (Lipinski definition) is 2. The van der Waals surface area contributed by atoms with E-state index in [0.29, 0.717) is 16.5 Å². The second-order valence-electron chi connectivity index (χ2n) is 4.10. The summed E-state index contributed by atoms with van der Waals surface area (Å²) in [5.74, 6) is 0.712. The van der Waals surface area contributed by atoms with Crippen molar-refractivity contribution >= 4 is 39.7 Å². The summed E-state index contributed by atoms with van der Waals surface area (Å²) in [5, 5.41) is 4.80. The first-order valence-electron chi connectivity index (χ1n) is 5.76. The fourth-order valence-corrected chi connectivity index (χ4v) is 2.07. The standard InChI is InChI=1S/C14H11ClN4/c15-11-4-5-12(14-10(11)2-1-7-17-14)19-13-6-3-9(16)8-18-13/h1-8H,16H2,(H,18,19). The molecule has 4 nitrogen and oxygen atoms in total. The molecule has 0 amide bonds. The average Bonchev–Trinajstić information content (AvgIpc) is 2.45. The summed E-state index contributed by atoms with van der Waals surface area (Å²) in [5.41, 5.74) is 7.91. The van der Waals surface area contributed by atoms with Crippen LogP contribution in [-0.4, -0.2) is 9.97 Å². The maximum absolute atomic E-state index is 6.15. The third-order valence-electron chi connectivity index (χ3n) is 2.77. The first kappa shape index (κ1) is 11.7. The van der Waals surface area contributed by atoms with Crippen LogP contribution < -0.4 is 11.1 Å². The number of anilines is 3. The fourth-order valence-electron chi connectivity index (χ4n) is 1.86. The Morgan fingerprint density at radius 1 is 1.05 bits per heavy atom. The number of hydrogen-bond acceptors (Lipinski definition) is 4. The minimum absolute atomic E-state index is 0.629. The van der Waals surface area contributed by atoms with E-state index in [1.165, 1.54) is 0 Å². The Kier molecular flexibility index (Phi) is 2.93. The van der Waals surface area contributed by atoms with Crippen LogP contribution >= 0.6 is 11.6 Å². The number of nitrogens with zero attached hydrogens (tertiary/aromatic N) is 2. The van der Waals surface area contributed by atoms with Gasteiger partial charge in [0, 0.05) is 11.6 Å². The number of fused-ring (bicyclic) bond motifs is 1.